The summed E-state index contributed by atoms with van der Waals surface area (Å²) >= 11 is 4.01. The molecular formula is C13H26N2O3S. The van der Waals surface area contributed by atoms with Gasteiger partial charge in [-0.15, -0.1) is 0 Å². The summed E-state index contributed by atoms with van der Waals surface area (Å²) in [4.78, 5) is 22.6. The number of carbonyl (C=O) groups excluding carboxylic acids is 2. The van der Waals surface area contributed by atoms with Crippen molar-refractivity contribution in [1.29, 1.82) is 0 Å². The lowest BCUT2D eigenvalue weighted by atomic mass is 10.1. The summed E-state index contributed by atoms with van der Waals surface area (Å²) in [6.45, 7) is 3.26. The molecule has 0 saturated carbocycles. The molecular weight excluding hydrogens is 264 g/mol. The highest BCUT2D eigenvalue weighted by atomic mass is 32.1. The van der Waals surface area contributed by atoms with E-state index >= 15 is 0 Å². The van der Waals surface area contributed by atoms with Crippen molar-refractivity contribution in [3.05, 3.63) is 0 Å². The van der Waals surface area contributed by atoms with E-state index in [-0.39, 0.29) is 17.7 Å². The van der Waals surface area contributed by atoms with Crippen molar-refractivity contribution < 1.29 is 14.3 Å². The average molecular weight is 290 g/mol. The second-order valence-corrected chi connectivity index (χ2v) is 4.83. The molecule has 0 aromatic heterocycles. The summed E-state index contributed by atoms with van der Waals surface area (Å²) < 4.78 is 5.17. The second kappa shape index (κ2) is 12.4. The highest BCUT2D eigenvalue weighted by molar-refractivity contribution is 7.80. The van der Waals surface area contributed by atoms with Crippen molar-refractivity contribution in [1.82, 2.24) is 10.6 Å². The SMILES string of the molecule is CNC(CCCCNC(=O)CCOCCS)C(C)=O. The number of unbranched alkanes of at least 4 members (excludes halogenated alkanes) is 1. The van der Waals surface area contributed by atoms with Crippen molar-refractivity contribution in [3.63, 3.8) is 0 Å². The van der Waals surface area contributed by atoms with Gasteiger partial charge < -0.3 is 15.4 Å². The first kappa shape index (κ1) is 18.4. The molecule has 0 aliphatic rings. The predicted molar refractivity (Wildman–Crippen MR) is 79.7 cm³/mol. The second-order valence-electron chi connectivity index (χ2n) is 4.38. The third-order valence-electron chi connectivity index (χ3n) is 2.79. The highest BCUT2D eigenvalue weighted by Crippen LogP contribution is 2.01. The van der Waals surface area contributed by atoms with E-state index in [1.807, 2.05) is 0 Å². The smallest absolute Gasteiger partial charge is 0.222 e. The number of thiol groups is 1. The molecule has 0 saturated heterocycles. The summed E-state index contributed by atoms with van der Waals surface area (Å²) in [7, 11) is 1.79. The third-order valence-corrected chi connectivity index (χ3v) is 2.97. The lowest BCUT2D eigenvalue weighted by Gasteiger charge is -2.12. The summed E-state index contributed by atoms with van der Waals surface area (Å²) in [6, 6.07) is -0.0645. The van der Waals surface area contributed by atoms with Crippen LogP contribution in [0.25, 0.3) is 0 Å². The molecule has 0 aromatic rings. The first-order valence-electron chi connectivity index (χ1n) is 6.74. The summed E-state index contributed by atoms with van der Waals surface area (Å²) in [5, 5.41) is 5.82. The minimum atomic E-state index is -0.0645. The average Bonchev–Trinajstić information content (AvgIpc) is 2.38. The Bertz CT molecular complexity index is 262. The number of nitrogens with one attached hydrogen (secondary N) is 2. The topological polar surface area (TPSA) is 67.4 Å². The number of Topliss-reactive ketones (excluding diaryl/α,β-unsaturated/α-hetero) is 1. The Hall–Kier alpha value is -0.590. The van der Waals surface area contributed by atoms with Gasteiger partial charge in [-0.05, 0) is 33.2 Å². The molecule has 1 amide bonds. The van der Waals surface area contributed by atoms with E-state index in [4.69, 9.17) is 4.74 Å². The van der Waals surface area contributed by atoms with E-state index in [0.717, 1.165) is 19.3 Å². The molecule has 1 atom stereocenters. The number of carbonyl (C=O) groups is 2. The number of hydrogen-bond donors (Lipinski definition) is 3. The van der Waals surface area contributed by atoms with Crippen molar-refractivity contribution in [2.24, 2.45) is 0 Å². The van der Waals surface area contributed by atoms with Crippen LogP contribution >= 0.6 is 12.6 Å². The highest BCUT2D eigenvalue weighted by Gasteiger charge is 2.10. The van der Waals surface area contributed by atoms with Crippen molar-refractivity contribution >= 4 is 24.3 Å². The van der Waals surface area contributed by atoms with Crippen LogP contribution in [0.3, 0.4) is 0 Å². The van der Waals surface area contributed by atoms with Gasteiger partial charge in [0.25, 0.3) is 0 Å². The number of amides is 1. The van der Waals surface area contributed by atoms with E-state index in [9.17, 15) is 9.59 Å². The molecule has 112 valence electrons. The van der Waals surface area contributed by atoms with Gasteiger partial charge in [-0.2, -0.15) is 12.6 Å². The molecule has 0 heterocycles. The Morgan fingerprint density at radius 2 is 2.00 bits per heavy atom. The molecule has 5 nitrogen and oxygen atoms in total. The van der Waals surface area contributed by atoms with Gasteiger partial charge in [0.2, 0.25) is 5.91 Å². The fourth-order valence-electron chi connectivity index (χ4n) is 1.67. The summed E-state index contributed by atoms with van der Waals surface area (Å²) in [5.41, 5.74) is 0. The van der Waals surface area contributed by atoms with Crippen LogP contribution in [0.4, 0.5) is 0 Å². The molecule has 1 unspecified atom stereocenters. The van der Waals surface area contributed by atoms with E-state index < -0.39 is 0 Å². The Morgan fingerprint density at radius 1 is 1.26 bits per heavy atom. The fraction of sp³-hybridized carbons (Fsp3) is 0.846. The molecule has 0 rings (SSSR count). The quantitative estimate of drug-likeness (QED) is 0.367. The standard InChI is InChI=1S/C13H26N2O3S/c1-11(16)12(14-2)5-3-4-7-15-13(17)6-8-18-9-10-19/h12,14,19H,3-10H2,1-2H3,(H,15,17). The van der Waals surface area contributed by atoms with E-state index in [0.29, 0.717) is 31.9 Å². The van der Waals surface area contributed by atoms with Gasteiger partial charge in [0, 0.05) is 18.7 Å². The third kappa shape index (κ3) is 11.0. The van der Waals surface area contributed by atoms with Gasteiger partial charge in [0.05, 0.1) is 19.3 Å². The number of ether oxygens (including phenoxy) is 1. The molecule has 0 radical (unpaired) electrons. The zero-order valence-corrected chi connectivity index (χ0v) is 12.8. The van der Waals surface area contributed by atoms with Crippen LogP contribution in [0, 0.1) is 0 Å². The fourth-order valence-corrected chi connectivity index (χ4v) is 1.80. The maximum Gasteiger partial charge on any atom is 0.222 e. The van der Waals surface area contributed by atoms with Crippen LogP contribution in [0.5, 0.6) is 0 Å². The summed E-state index contributed by atoms with van der Waals surface area (Å²) in [6.07, 6.45) is 3.00. The van der Waals surface area contributed by atoms with Crippen LogP contribution in [0.15, 0.2) is 0 Å². The van der Waals surface area contributed by atoms with Gasteiger partial charge >= 0.3 is 0 Å². The zero-order chi connectivity index (χ0) is 14.5. The molecule has 0 aliphatic carbocycles. The predicted octanol–water partition coefficient (Wildman–Crippen LogP) is 0.786. The first-order valence-corrected chi connectivity index (χ1v) is 7.38. The maximum atomic E-state index is 11.4. The molecule has 6 heteroatoms. The molecule has 2 N–H and O–H groups in total. The van der Waals surface area contributed by atoms with E-state index in [1.54, 1.807) is 14.0 Å². The van der Waals surface area contributed by atoms with Gasteiger partial charge in [-0.3, -0.25) is 9.59 Å². The van der Waals surface area contributed by atoms with Crippen LogP contribution in [-0.4, -0.2) is 50.3 Å². The molecule has 0 aliphatic heterocycles. The maximum absolute atomic E-state index is 11.4. The van der Waals surface area contributed by atoms with Crippen molar-refractivity contribution in [3.8, 4) is 0 Å². The Kier molecular flexibility index (Phi) is 12.1. The molecule has 0 fully saturated rings. The molecule has 0 aromatic carbocycles. The first-order chi connectivity index (χ1) is 9.11. The molecule has 0 spiro atoms. The van der Waals surface area contributed by atoms with E-state index in [1.165, 1.54) is 0 Å². The zero-order valence-electron chi connectivity index (χ0n) is 11.9. The van der Waals surface area contributed by atoms with Crippen molar-refractivity contribution in [2.45, 2.75) is 38.6 Å². The van der Waals surface area contributed by atoms with Crippen molar-refractivity contribution in [2.75, 3.05) is 32.6 Å². The van der Waals surface area contributed by atoms with Crippen LogP contribution in [0.1, 0.15) is 32.6 Å². The number of hydrogen-bond acceptors (Lipinski definition) is 5. The monoisotopic (exact) mass is 290 g/mol. The molecule has 0 bridgehead atoms. The number of likely N-dealkylation sites (N-methyl/N-ethyl adjacent to an activating group) is 1. The lowest BCUT2D eigenvalue weighted by molar-refractivity contribution is -0.122. The Balaban J connectivity index is 3.43. The van der Waals surface area contributed by atoms with E-state index in [2.05, 4.69) is 23.3 Å². The minimum absolute atomic E-state index is 0.0101. The van der Waals surface area contributed by atoms with Gasteiger partial charge in [0.1, 0.15) is 5.78 Å². The van der Waals surface area contributed by atoms with Gasteiger partial charge in [-0.25, -0.2) is 0 Å². The van der Waals surface area contributed by atoms with Gasteiger partial charge in [0.15, 0.2) is 0 Å². The minimum Gasteiger partial charge on any atom is -0.380 e. The molecule has 19 heavy (non-hydrogen) atoms. The van der Waals surface area contributed by atoms with Crippen LogP contribution < -0.4 is 10.6 Å². The Labute approximate surface area is 121 Å². The Morgan fingerprint density at radius 3 is 2.58 bits per heavy atom. The summed E-state index contributed by atoms with van der Waals surface area (Å²) in [5.74, 6) is 0.841. The largest absolute Gasteiger partial charge is 0.380 e. The lowest BCUT2D eigenvalue weighted by Crippen LogP contribution is -2.32. The van der Waals surface area contributed by atoms with Crippen LogP contribution in [0.2, 0.25) is 0 Å². The normalized spacial score (nSPS) is 12.2. The number of ketones is 1. The van der Waals surface area contributed by atoms with Gasteiger partial charge in [-0.1, -0.05) is 0 Å². The number of rotatable bonds is 12. The van der Waals surface area contributed by atoms with Crippen LogP contribution in [-0.2, 0) is 14.3 Å².